The molecule has 0 fully saturated rings. The highest BCUT2D eigenvalue weighted by atomic mass is 35.5. The first-order valence-electron chi connectivity index (χ1n) is 7.82. The minimum absolute atomic E-state index is 0.193. The number of hydrogen-bond donors (Lipinski definition) is 0. The van der Waals surface area contributed by atoms with Crippen molar-refractivity contribution in [1.29, 1.82) is 0 Å². The van der Waals surface area contributed by atoms with E-state index in [-0.39, 0.29) is 5.91 Å². The molecule has 0 bridgehead atoms. The molecule has 4 nitrogen and oxygen atoms in total. The summed E-state index contributed by atoms with van der Waals surface area (Å²) in [6.45, 7) is 1.18. The van der Waals surface area contributed by atoms with Gasteiger partial charge in [0.15, 0.2) is 5.13 Å². The summed E-state index contributed by atoms with van der Waals surface area (Å²) in [5, 5.41) is 2.10. The number of thiazole rings is 1. The molecule has 0 unspecified atom stereocenters. The highest BCUT2D eigenvalue weighted by Crippen LogP contribution is 2.32. The van der Waals surface area contributed by atoms with E-state index in [4.69, 9.17) is 34.8 Å². The highest BCUT2D eigenvalue weighted by Gasteiger charge is 2.22. The van der Waals surface area contributed by atoms with Gasteiger partial charge in [-0.25, -0.2) is 4.98 Å². The smallest absolute Gasteiger partial charge is 0.260 e. The van der Waals surface area contributed by atoms with Crippen molar-refractivity contribution in [1.82, 2.24) is 9.88 Å². The zero-order valence-electron chi connectivity index (χ0n) is 14.2. The number of rotatable bonds is 5. The molecule has 0 aliphatic heterocycles. The Bertz CT molecular complexity index is 938. The molecule has 0 aliphatic carbocycles. The first kappa shape index (κ1) is 19.4. The van der Waals surface area contributed by atoms with Gasteiger partial charge in [-0.3, -0.25) is 9.69 Å². The second kappa shape index (κ2) is 8.11. The summed E-state index contributed by atoms with van der Waals surface area (Å²) in [6, 6.07) is 10.3. The lowest BCUT2D eigenvalue weighted by Gasteiger charge is -2.22. The molecule has 0 saturated carbocycles. The second-order valence-corrected chi connectivity index (χ2v) is 8.35. The predicted molar refractivity (Wildman–Crippen MR) is 111 cm³/mol. The Labute approximate surface area is 170 Å². The van der Waals surface area contributed by atoms with Gasteiger partial charge < -0.3 is 4.90 Å². The van der Waals surface area contributed by atoms with Gasteiger partial charge in [-0.15, -0.1) is 0 Å². The number of carbonyl (C=O) groups excluding carboxylic acids is 1. The molecule has 0 saturated heterocycles. The van der Waals surface area contributed by atoms with Crippen molar-refractivity contribution in [3.05, 3.63) is 57.0 Å². The van der Waals surface area contributed by atoms with Gasteiger partial charge in [-0.2, -0.15) is 0 Å². The number of aromatic nitrogens is 1. The van der Waals surface area contributed by atoms with Crippen molar-refractivity contribution in [3.63, 3.8) is 0 Å². The Balaban J connectivity index is 2.01. The van der Waals surface area contributed by atoms with E-state index in [0.29, 0.717) is 38.9 Å². The molecule has 3 rings (SSSR count). The number of anilines is 1. The number of carbonyl (C=O) groups is 1. The Kier molecular flexibility index (Phi) is 6.05. The molecule has 1 amide bonds. The third kappa shape index (κ3) is 4.48. The van der Waals surface area contributed by atoms with E-state index in [0.717, 1.165) is 10.2 Å². The zero-order chi connectivity index (χ0) is 18.8. The lowest BCUT2D eigenvalue weighted by Crippen LogP contribution is -2.36. The molecule has 0 aliphatic rings. The van der Waals surface area contributed by atoms with E-state index in [1.807, 2.05) is 31.1 Å². The molecule has 0 radical (unpaired) electrons. The Morgan fingerprint density at radius 2 is 1.69 bits per heavy atom. The molecular weight excluding hydrogens is 413 g/mol. The molecular formula is C18H16Cl3N3OS. The Morgan fingerprint density at radius 3 is 2.35 bits per heavy atom. The van der Waals surface area contributed by atoms with Crippen LogP contribution in [0.2, 0.25) is 15.1 Å². The van der Waals surface area contributed by atoms with Crippen LogP contribution in [0.1, 0.15) is 10.4 Å². The fourth-order valence-corrected chi connectivity index (χ4v) is 4.21. The summed E-state index contributed by atoms with van der Waals surface area (Å²) in [6.07, 6.45) is 0. The minimum Gasteiger partial charge on any atom is -0.308 e. The van der Waals surface area contributed by atoms with Crippen LogP contribution in [0.15, 0.2) is 36.4 Å². The molecule has 0 N–H and O–H groups in total. The van der Waals surface area contributed by atoms with Gasteiger partial charge in [0.2, 0.25) is 0 Å². The van der Waals surface area contributed by atoms with Crippen LogP contribution in [0.25, 0.3) is 10.2 Å². The van der Waals surface area contributed by atoms with E-state index in [1.165, 1.54) is 11.3 Å². The van der Waals surface area contributed by atoms with E-state index in [1.54, 1.807) is 29.2 Å². The second-order valence-electron chi connectivity index (χ2n) is 6.03. The van der Waals surface area contributed by atoms with Crippen LogP contribution in [0, 0.1) is 0 Å². The van der Waals surface area contributed by atoms with E-state index >= 15 is 0 Å². The van der Waals surface area contributed by atoms with Gasteiger partial charge in [-0.05, 0) is 50.5 Å². The van der Waals surface area contributed by atoms with E-state index < -0.39 is 0 Å². The lowest BCUT2D eigenvalue weighted by molar-refractivity contribution is 0.0985. The summed E-state index contributed by atoms with van der Waals surface area (Å²) in [7, 11) is 3.91. The third-order valence-electron chi connectivity index (χ3n) is 3.70. The Hall–Kier alpha value is -1.37. The van der Waals surface area contributed by atoms with Crippen LogP contribution >= 0.6 is 46.1 Å². The predicted octanol–water partition coefficient (Wildman–Crippen LogP) is 5.46. The van der Waals surface area contributed by atoms with Crippen LogP contribution in [-0.2, 0) is 0 Å². The van der Waals surface area contributed by atoms with E-state index in [9.17, 15) is 4.79 Å². The summed E-state index contributed by atoms with van der Waals surface area (Å²) >= 11 is 19.6. The average molecular weight is 429 g/mol. The third-order valence-corrected chi connectivity index (χ3v) is 5.41. The number of benzene rings is 2. The van der Waals surface area contributed by atoms with Crippen LogP contribution in [0.5, 0.6) is 0 Å². The largest absolute Gasteiger partial charge is 0.308 e. The number of amides is 1. The van der Waals surface area contributed by atoms with Gasteiger partial charge in [0.25, 0.3) is 5.91 Å². The summed E-state index contributed by atoms with van der Waals surface area (Å²) < 4.78 is 0.930. The van der Waals surface area contributed by atoms with Crippen LogP contribution < -0.4 is 4.90 Å². The van der Waals surface area contributed by atoms with Gasteiger partial charge in [0.05, 0.1) is 10.2 Å². The highest BCUT2D eigenvalue weighted by molar-refractivity contribution is 7.22. The van der Waals surface area contributed by atoms with Crippen molar-refractivity contribution in [3.8, 4) is 0 Å². The monoisotopic (exact) mass is 427 g/mol. The minimum atomic E-state index is -0.193. The van der Waals surface area contributed by atoms with Gasteiger partial charge in [0.1, 0.15) is 0 Å². The van der Waals surface area contributed by atoms with Crippen LogP contribution in [-0.4, -0.2) is 43.0 Å². The maximum absolute atomic E-state index is 13.1. The van der Waals surface area contributed by atoms with Crippen molar-refractivity contribution >= 4 is 67.4 Å². The molecule has 136 valence electrons. The van der Waals surface area contributed by atoms with Crippen molar-refractivity contribution in [2.24, 2.45) is 0 Å². The first-order chi connectivity index (χ1) is 12.3. The molecule has 0 atom stereocenters. The normalized spacial score (nSPS) is 11.3. The maximum Gasteiger partial charge on any atom is 0.260 e. The fraction of sp³-hybridized carbons (Fsp3) is 0.222. The number of nitrogens with zero attached hydrogens (tertiary/aromatic N) is 3. The number of halogens is 3. The topological polar surface area (TPSA) is 36.4 Å². The molecule has 2 aromatic carbocycles. The summed E-state index contributed by atoms with van der Waals surface area (Å²) in [4.78, 5) is 21.4. The molecule has 8 heteroatoms. The van der Waals surface area contributed by atoms with Crippen LogP contribution in [0.3, 0.4) is 0 Å². The first-order valence-corrected chi connectivity index (χ1v) is 9.77. The van der Waals surface area contributed by atoms with Crippen molar-refractivity contribution in [2.75, 3.05) is 32.1 Å². The SMILES string of the molecule is CN(C)CCN(C(=O)c1cc(Cl)cc(Cl)c1)c1nc2ccc(Cl)cc2s1. The van der Waals surface area contributed by atoms with Gasteiger partial charge in [-0.1, -0.05) is 46.1 Å². The zero-order valence-corrected chi connectivity index (χ0v) is 17.3. The molecule has 3 aromatic rings. The average Bonchev–Trinajstić information content (AvgIpc) is 2.96. The quantitative estimate of drug-likeness (QED) is 0.541. The summed E-state index contributed by atoms with van der Waals surface area (Å²) in [5.41, 5.74) is 1.24. The van der Waals surface area contributed by atoms with Crippen LogP contribution in [0.4, 0.5) is 5.13 Å². The standard InChI is InChI=1S/C18H16Cl3N3OS/c1-23(2)5-6-24(17(25)11-7-13(20)9-14(21)8-11)18-22-15-4-3-12(19)10-16(15)26-18/h3-4,7-10H,5-6H2,1-2H3. The molecule has 0 spiro atoms. The molecule has 1 heterocycles. The van der Waals surface area contributed by atoms with Gasteiger partial charge >= 0.3 is 0 Å². The van der Waals surface area contributed by atoms with E-state index in [2.05, 4.69) is 4.98 Å². The molecule has 26 heavy (non-hydrogen) atoms. The number of likely N-dealkylation sites (N-methyl/N-ethyl adjacent to an activating group) is 1. The maximum atomic E-state index is 13.1. The summed E-state index contributed by atoms with van der Waals surface area (Å²) in [5.74, 6) is -0.193. The Morgan fingerprint density at radius 1 is 1.00 bits per heavy atom. The fourth-order valence-electron chi connectivity index (χ4n) is 2.42. The lowest BCUT2D eigenvalue weighted by atomic mass is 10.2. The van der Waals surface area contributed by atoms with Gasteiger partial charge in [0, 0.05) is 33.7 Å². The number of hydrogen-bond acceptors (Lipinski definition) is 4. The van der Waals surface area contributed by atoms with Crippen molar-refractivity contribution < 1.29 is 4.79 Å². The van der Waals surface area contributed by atoms with Crippen molar-refractivity contribution in [2.45, 2.75) is 0 Å². The number of fused-ring (bicyclic) bond motifs is 1. The molecule has 1 aromatic heterocycles.